The average Bonchev–Trinajstić information content (AvgIpc) is 2.98. The summed E-state index contributed by atoms with van der Waals surface area (Å²) < 4.78 is 0. The van der Waals surface area contributed by atoms with Crippen molar-refractivity contribution in [3.63, 3.8) is 0 Å². The number of benzene rings is 1. The van der Waals surface area contributed by atoms with Gasteiger partial charge in [-0.05, 0) is 30.9 Å². The lowest BCUT2D eigenvalue weighted by Crippen LogP contribution is -2.34. The molecule has 0 spiro atoms. The normalized spacial score (nSPS) is 19.6. The van der Waals surface area contributed by atoms with Crippen LogP contribution in [0.2, 0.25) is 0 Å². The molecule has 2 aliphatic rings. The predicted octanol–water partition coefficient (Wildman–Crippen LogP) is 2.35. The minimum absolute atomic E-state index is 0.237. The van der Waals surface area contributed by atoms with Crippen LogP contribution in [0.1, 0.15) is 31.2 Å². The second-order valence-electron chi connectivity index (χ2n) is 5.08. The number of nitrogens with two attached hydrogens (primary N) is 1. The number of rotatable bonds is 1. The molecule has 3 nitrogen and oxygen atoms in total. The highest BCUT2D eigenvalue weighted by Gasteiger charge is 2.32. The fraction of sp³-hybridized carbons (Fsp3) is 0.500. The van der Waals surface area contributed by atoms with Crippen LogP contribution in [0.15, 0.2) is 18.2 Å². The van der Waals surface area contributed by atoms with Gasteiger partial charge in [-0.15, -0.1) is 0 Å². The van der Waals surface area contributed by atoms with Crippen molar-refractivity contribution in [3.05, 3.63) is 23.8 Å². The van der Waals surface area contributed by atoms with E-state index in [0.717, 1.165) is 37.2 Å². The van der Waals surface area contributed by atoms with Gasteiger partial charge in [0, 0.05) is 12.5 Å². The van der Waals surface area contributed by atoms with Gasteiger partial charge in [0.1, 0.15) is 0 Å². The number of carbonyl (C=O) groups excluding carboxylic acids is 1. The molecular weight excluding hydrogens is 212 g/mol. The summed E-state index contributed by atoms with van der Waals surface area (Å²) in [5.41, 5.74) is 8.94. The Kier molecular flexibility index (Phi) is 2.54. The summed E-state index contributed by atoms with van der Waals surface area (Å²) in [5, 5.41) is 0. The van der Waals surface area contributed by atoms with Gasteiger partial charge in [0.2, 0.25) is 5.91 Å². The molecule has 1 saturated carbocycles. The van der Waals surface area contributed by atoms with E-state index in [0.29, 0.717) is 5.91 Å². The number of para-hydroxylation sites is 1. The summed E-state index contributed by atoms with van der Waals surface area (Å²) >= 11 is 0. The molecule has 0 unspecified atom stereocenters. The summed E-state index contributed by atoms with van der Waals surface area (Å²) in [4.78, 5) is 14.4. The Morgan fingerprint density at radius 2 is 2.06 bits per heavy atom. The van der Waals surface area contributed by atoms with Gasteiger partial charge in [-0.25, -0.2) is 0 Å². The lowest BCUT2D eigenvalue weighted by Gasteiger charge is -2.22. The molecule has 1 aliphatic heterocycles. The number of hydrogen-bond donors (Lipinski definition) is 1. The Balaban J connectivity index is 1.90. The zero-order valence-electron chi connectivity index (χ0n) is 9.98. The highest BCUT2D eigenvalue weighted by atomic mass is 16.2. The maximum absolute atomic E-state index is 12.4. The molecule has 1 aromatic rings. The number of nitrogens with zero attached hydrogens (tertiary/aromatic N) is 1. The fourth-order valence-electron chi connectivity index (χ4n) is 3.10. The van der Waals surface area contributed by atoms with E-state index in [1.165, 1.54) is 18.4 Å². The van der Waals surface area contributed by atoms with E-state index in [1.54, 1.807) is 0 Å². The van der Waals surface area contributed by atoms with Crippen molar-refractivity contribution in [1.29, 1.82) is 0 Å². The molecular formula is C14H18N2O. The summed E-state index contributed by atoms with van der Waals surface area (Å²) in [6.45, 7) is 0.804. The van der Waals surface area contributed by atoms with Crippen LogP contribution in [0.4, 0.5) is 11.4 Å². The number of fused-ring (bicyclic) bond motifs is 1. The summed E-state index contributed by atoms with van der Waals surface area (Å²) in [7, 11) is 0. The van der Waals surface area contributed by atoms with E-state index < -0.39 is 0 Å². The third kappa shape index (κ3) is 1.70. The largest absolute Gasteiger partial charge is 0.397 e. The Labute approximate surface area is 102 Å². The Hall–Kier alpha value is -1.51. The van der Waals surface area contributed by atoms with Gasteiger partial charge in [0.15, 0.2) is 0 Å². The standard InChI is InChI=1S/C14H18N2O/c15-12-7-3-6-10-8-9-16(13(10)12)14(17)11-4-1-2-5-11/h3,6-7,11H,1-2,4-5,8-9,15H2. The van der Waals surface area contributed by atoms with E-state index in [1.807, 2.05) is 17.0 Å². The number of nitrogen functional groups attached to an aromatic ring is 1. The number of carbonyl (C=O) groups is 1. The van der Waals surface area contributed by atoms with Gasteiger partial charge in [-0.1, -0.05) is 25.0 Å². The lowest BCUT2D eigenvalue weighted by molar-refractivity contribution is -0.122. The molecule has 1 amide bonds. The van der Waals surface area contributed by atoms with Crippen molar-refractivity contribution < 1.29 is 4.79 Å². The van der Waals surface area contributed by atoms with Crippen LogP contribution < -0.4 is 10.6 Å². The molecule has 1 aliphatic carbocycles. The molecule has 1 aromatic carbocycles. The van der Waals surface area contributed by atoms with E-state index in [9.17, 15) is 4.79 Å². The van der Waals surface area contributed by atoms with Gasteiger partial charge in [-0.2, -0.15) is 0 Å². The molecule has 3 heteroatoms. The Bertz CT molecular complexity index is 450. The van der Waals surface area contributed by atoms with E-state index in [2.05, 4.69) is 6.07 Å². The predicted molar refractivity (Wildman–Crippen MR) is 68.9 cm³/mol. The van der Waals surface area contributed by atoms with Crippen molar-refractivity contribution in [2.45, 2.75) is 32.1 Å². The van der Waals surface area contributed by atoms with Crippen molar-refractivity contribution in [1.82, 2.24) is 0 Å². The van der Waals surface area contributed by atoms with Gasteiger partial charge < -0.3 is 10.6 Å². The molecule has 3 rings (SSSR count). The first kappa shape index (κ1) is 10.6. The topological polar surface area (TPSA) is 46.3 Å². The minimum Gasteiger partial charge on any atom is -0.397 e. The number of amides is 1. The fourth-order valence-corrected chi connectivity index (χ4v) is 3.10. The van der Waals surface area contributed by atoms with Crippen LogP contribution in [0.25, 0.3) is 0 Å². The van der Waals surface area contributed by atoms with E-state index in [-0.39, 0.29) is 5.92 Å². The highest BCUT2D eigenvalue weighted by Crippen LogP contribution is 2.36. The van der Waals surface area contributed by atoms with Crippen molar-refractivity contribution >= 4 is 17.3 Å². The molecule has 17 heavy (non-hydrogen) atoms. The van der Waals surface area contributed by atoms with E-state index >= 15 is 0 Å². The minimum atomic E-state index is 0.237. The maximum Gasteiger partial charge on any atom is 0.230 e. The van der Waals surface area contributed by atoms with Crippen LogP contribution >= 0.6 is 0 Å². The van der Waals surface area contributed by atoms with Crippen LogP contribution in [0.5, 0.6) is 0 Å². The van der Waals surface area contributed by atoms with Crippen LogP contribution in [0.3, 0.4) is 0 Å². The van der Waals surface area contributed by atoms with Crippen LogP contribution in [-0.2, 0) is 11.2 Å². The third-order valence-electron chi connectivity index (χ3n) is 4.00. The van der Waals surface area contributed by atoms with Crippen molar-refractivity contribution in [3.8, 4) is 0 Å². The van der Waals surface area contributed by atoms with Crippen LogP contribution in [-0.4, -0.2) is 12.5 Å². The smallest absolute Gasteiger partial charge is 0.230 e. The lowest BCUT2D eigenvalue weighted by atomic mass is 10.1. The quantitative estimate of drug-likeness (QED) is 0.753. The monoisotopic (exact) mass is 230 g/mol. The first-order chi connectivity index (χ1) is 8.27. The zero-order valence-corrected chi connectivity index (χ0v) is 9.98. The maximum atomic E-state index is 12.4. The van der Waals surface area contributed by atoms with Crippen molar-refractivity contribution in [2.24, 2.45) is 5.92 Å². The summed E-state index contributed by atoms with van der Waals surface area (Å²) in [6.07, 6.45) is 5.44. The highest BCUT2D eigenvalue weighted by molar-refractivity contribution is 6.00. The molecule has 0 saturated heterocycles. The van der Waals surface area contributed by atoms with Gasteiger partial charge in [0.05, 0.1) is 11.4 Å². The summed E-state index contributed by atoms with van der Waals surface area (Å²) in [5.74, 6) is 0.528. The molecule has 0 radical (unpaired) electrons. The SMILES string of the molecule is Nc1cccc2c1N(C(=O)C1CCCC1)CC2. The Morgan fingerprint density at radius 1 is 1.29 bits per heavy atom. The summed E-state index contributed by atoms with van der Waals surface area (Å²) in [6, 6.07) is 5.93. The second-order valence-corrected chi connectivity index (χ2v) is 5.08. The second kappa shape index (κ2) is 4.06. The molecule has 0 bridgehead atoms. The zero-order chi connectivity index (χ0) is 11.8. The van der Waals surface area contributed by atoms with E-state index in [4.69, 9.17) is 5.73 Å². The third-order valence-corrected chi connectivity index (χ3v) is 4.00. The average molecular weight is 230 g/mol. The molecule has 1 heterocycles. The molecule has 2 N–H and O–H groups in total. The van der Waals surface area contributed by atoms with Gasteiger partial charge in [0.25, 0.3) is 0 Å². The Morgan fingerprint density at radius 3 is 2.82 bits per heavy atom. The molecule has 1 fully saturated rings. The first-order valence-corrected chi connectivity index (χ1v) is 6.46. The van der Waals surface area contributed by atoms with Crippen LogP contribution in [0, 0.1) is 5.92 Å². The number of anilines is 2. The molecule has 90 valence electrons. The number of hydrogen-bond acceptors (Lipinski definition) is 2. The van der Waals surface area contributed by atoms with Crippen molar-refractivity contribution in [2.75, 3.05) is 17.2 Å². The first-order valence-electron chi connectivity index (χ1n) is 6.46. The molecule has 0 aromatic heterocycles. The van der Waals surface area contributed by atoms with Gasteiger partial charge >= 0.3 is 0 Å². The molecule has 0 atom stereocenters. The van der Waals surface area contributed by atoms with Gasteiger partial charge in [-0.3, -0.25) is 4.79 Å².